The Morgan fingerprint density at radius 2 is 2.11 bits per heavy atom. The summed E-state index contributed by atoms with van der Waals surface area (Å²) in [7, 11) is 1.68. The molecule has 0 aliphatic rings. The summed E-state index contributed by atoms with van der Waals surface area (Å²) >= 11 is 0. The Hall–Kier alpha value is -1.81. The van der Waals surface area contributed by atoms with Crippen LogP contribution in [0.4, 0.5) is 0 Å². The van der Waals surface area contributed by atoms with Crippen molar-refractivity contribution in [3.63, 3.8) is 0 Å². The predicted octanol–water partition coefficient (Wildman–Crippen LogP) is 2.15. The number of aryl methyl sites for hydroxylation is 1. The van der Waals surface area contributed by atoms with E-state index < -0.39 is 0 Å². The third-order valence-electron chi connectivity index (χ3n) is 3.06. The average molecular weight is 245 g/mol. The van der Waals surface area contributed by atoms with Crippen LogP contribution < -0.4 is 10.5 Å². The fraction of sp³-hybridized carbons (Fsp3) is 0.357. The van der Waals surface area contributed by atoms with Gasteiger partial charge in [-0.3, -0.25) is 4.68 Å². The summed E-state index contributed by atoms with van der Waals surface area (Å²) in [5.41, 5.74) is 8.44. The zero-order valence-corrected chi connectivity index (χ0v) is 10.8. The lowest BCUT2D eigenvalue weighted by atomic mass is 10.0. The molecule has 1 aromatic carbocycles. The summed E-state index contributed by atoms with van der Waals surface area (Å²) in [5, 5.41) is 4.25. The zero-order valence-electron chi connectivity index (χ0n) is 10.8. The Labute approximate surface area is 107 Å². The normalized spacial score (nSPS) is 12.4. The lowest BCUT2D eigenvalue weighted by Crippen LogP contribution is -2.18. The first-order valence-electron chi connectivity index (χ1n) is 6.15. The van der Waals surface area contributed by atoms with Crippen molar-refractivity contribution in [1.29, 1.82) is 0 Å². The second-order valence-corrected chi connectivity index (χ2v) is 4.19. The molecule has 18 heavy (non-hydrogen) atoms. The van der Waals surface area contributed by atoms with Crippen LogP contribution in [0.1, 0.15) is 24.2 Å². The monoisotopic (exact) mass is 245 g/mol. The maximum Gasteiger partial charge on any atom is 0.122 e. The van der Waals surface area contributed by atoms with Crippen molar-refractivity contribution >= 4 is 0 Å². The zero-order chi connectivity index (χ0) is 13.0. The average Bonchev–Trinajstić information content (AvgIpc) is 2.87. The van der Waals surface area contributed by atoms with Gasteiger partial charge in [0.25, 0.3) is 0 Å². The molecule has 0 aliphatic carbocycles. The molecule has 96 valence electrons. The molecule has 0 spiro atoms. The molecule has 4 nitrogen and oxygen atoms in total. The number of hydrogen-bond donors (Lipinski definition) is 1. The molecule has 0 radical (unpaired) electrons. The second-order valence-electron chi connectivity index (χ2n) is 4.19. The van der Waals surface area contributed by atoms with E-state index in [1.807, 2.05) is 35.0 Å². The van der Waals surface area contributed by atoms with Crippen molar-refractivity contribution in [3.8, 4) is 5.75 Å². The summed E-state index contributed by atoms with van der Waals surface area (Å²) in [5.74, 6) is 0.885. The van der Waals surface area contributed by atoms with E-state index in [1.54, 1.807) is 13.3 Å². The summed E-state index contributed by atoms with van der Waals surface area (Å²) in [4.78, 5) is 0. The molecule has 0 bridgehead atoms. The number of para-hydroxylation sites is 1. The van der Waals surface area contributed by atoms with Gasteiger partial charge in [-0.05, 0) is 31.0 Å². The molecular weight excluding hydrogens is 226 g/mol. The van der Waals surface area contributed by atoms with Crippen molar-refractivity contribution in [2.45, 2.75) is 25.9 Å². The summed E-state index contributed by atoms with van der Waals surface area (Å²) in [6, 6.07) is 9.88. The molecular formula is C14H19N3O. The highest BCUT2D eigenvalue weighted by Gasteiger charge is 2.13. The highest BCUT2D eigenvalue weighted by molar-refractivity contribution is 5.34. The van der Waals surface area contributed by atoms with E-state index in [0.29, 0.717) is 0 Å². The maximum atomic E-state index is 6.26. The fourth-order valence-corrected chi connectivity index (χ4v) is 2.14. The third kappa shape index (κ3) is 2.54. The Morgan fingerprint density at radius 3 is 2.83 bits per heavy atom. The quantitative estimate of drug-likeness (QED) is 0.878. The third-order valence-corrected chi connectivity index (χ3v) is 3.06. The van der Waals surface area contributed by atoms with Crippen LogP contribution in [0.2, 0.25) is 0 Å². The number of benzene rings is 1. The number of methoxy groups -OCH3 is 1. The van der Waals surface area contributed by atoms with Crippen LogP contribution in [0.5, 0.6) is 5.75 Å². The van der Waals surface area contributed by atoms with Gasteiger partial charge in [0.2, 0.25) is 0 Å². The Morgan fingerprint density at radius 1 is 1.33 bits per heavy atom. The molecule has 1 heterocycles. The number of hydrogen-bond acceptors (Lipinski definition) is 3. The van der Waals surface area contributed by atoms with Gasteiger partial charge in [0.15, 0.2) is 0 Å². The molecule has 1 unspecified atom stereocenters. The molecule has 0 saturated heterocycles. The number of nitrogens with zero attached hydrogens (tertiary/aromatic N) is 2. The molecule has 0 aliphatic heterocycles. The summed E-state index contributed by atoms with van der Waals surface area (Å²) in [6.45, 7) is 2.90. The fourth-order valence-electron chi connectivity index (χ4n) is 2.14. The Bertz CT molecular complexity index is 507. The maximum absolute atomic E-state index is 6.26. The topological polar surface area (TPSA) is 53.1 Å². The van der Waals surface area contributed by atoms with E-state index in [0.717, 1.165) is 30.0 Å². The number of rotatable bonds is 5. The van der Waals surface area contributed by atoms with Crippen molar-refractivity contribution < 1.29 is 4.74 Å². The minimum absolute atomic E-state index is 0.0660. The first-order chi connectivity index (χ1) is 8.76. The SMILES string of the molecule is CCn1nccc1C(N)Cc1ccccc1OC. The summed E-state index contributed by atoms with van der Waals surface area (Å²) in [6.07, 6.45) is 2.54. The standard InChI is InChI=1S/C14H19N3O/c1-3-17-13(8-9-16-17)12(15)10-11-6-4-5-7-14(11)18-2/h4-9,12H,3,10,15H2,1-2H3. The predicted molar refractivity (Wildman–Crippen MR) is 71.5 cm³/mol. The van der Waals surface area contributed by atoms with Crippen LogP contribution in [0.15, 0.2) is 36.5 Å². The van der Waals surface area contributed by atoms with E-state index in [2.05, 4.69) is 12.0 Å². The van der Waals surface area contributed by atoms with Gasteiger partial charge >= 0.3 is 0 Å². The minimum atomic E-state index is -0.0660. The first-order valence-corrected chi connectivity index (χ1v) is 6.15. The van der Waals surface area contributed by atoms with Gasteiger partial charge in [0.1, 0.15) is 5.75 Å². The molecule has 0 amide bonds. The molecule has 4 heteroatoms. The lowest BCUT2D eigenvalue weighted by Gasteiger charge is -2.15. The molecule has 2 N–H and O–H groups in total. The molecule has 0 saturated carbocycles. The molecule has 1 atom stereocenters. The number of aromatic nitrogens is 2. The molecule has 0 fully saturated rings. The van der Waals surface area contributed by atoms with Crippen molar-refractivity contribution in [2.75, 3.05) is 7.11 Å². The lowest BCUT2D eigenvalue weighted by molar-refractivity contribution is 0.407. The number of ether oxygens (including phenoxy) is 1. The largest absolute Gasteiger partial charge is 0.496 e. The minimum Gasteiger partial charge on any atom is -0.496 e. The van der Waals surface area contributed by atoms with E-state index in [1.165, 1.54) is 0 Å². The van der Waals surface area contributed by atoms with Gasteiger partial charge in [-0.1, -0.05) is 18.2 Å². The van der Waals surface area contributed by atoms with Crippen LogP contribution >= 0.6 is 0 Å². The van der Waals surface area contributed by atoms with Gasteiger partial charge < -0.3 is 10.5 Å². The molecule has 2 aromatic rings. The highest BCUT2D eigenvalue weighted by Crippen LogP contribution is 2.23. The van der Waals surface area contributed by atoms with Crippen LogP contribution in [0.25, 0.3) is 0 Å². The van der Waals surface area contributed by atoms with Gasteiger partial charge in [-0.2, -0.15) is 5.10 Å². The van der Waals surface area contributed by atoms with E-state index in [4.69, 9.17) is 10.5 Å². The first kappa shape index (κ1) is 12.6. The van der Waals surface area contributed by atoms with Gasteiger partial charge in [-0.25, -0.2) is 0 Å². The van der Waals surface area contributed by atoms with Crippen LogP contribution in [0, 0.1) is 0 Å². The molecule has 1 aromatic heterocycles. The smallest absolute Gasteiger partial charge is 0.122 e. The van der Waals surface area contributed by atoms with Gasteiger partial charge in [-0.15, -0.1) is 0 Å². The van der Waals surface area contributed by atoms with E-state index in [-0.39, 0.29) is 6.04 Å². The van der Waals surface area contributed by atoms with Gasteiger partial charge in [0, 0.05) is 12.7 Å². The Balaban J connectivity index is 2.18. The number of nitrogens with two attached hydrogens (primary N) is 1. The van der Waals surface area contributed by atoms with E-state index >= 15 is 0 Å². The summed E-state index contributed by atoms with van der Waals surface area (Å²) < 4.78 is 7.27. The Kier molecular flexibility index (Phi) is 3.99. The van der Waals surface area contributed by atoms with Crippen LogP contribution in [-0.2, 0) is 13.0 Å². The van der Waals surface area contributed by atoms with E-state index in [9.17, 15) is 0 Å². The second kappa shape index (κ2) is 5.69. The van der Waals surface area contributed by atoms with Crippen molar-refractivity contribution in [3.05, 3.63) is 47.8 Å². The van der Waals surface area contributed by atoms with Crippen molar-refractivity contribution in [2.24, 2.45) is 5.73 Å². The highest BCUT2D eigenvalue weighted by atomic mass is 16.5. The molecule has 2 rings (SSSR count). The van der Waals surface area contributed by atoms with Gasteiger partial charge in [0.05, 0.1) is 18.8 Å². The van der Waals surface area contributed by atoms with Crippen molar-refractivity contribution in [1.82, 2.24) is 9.78 Å². The van der Waals surface area contributed by atoms with Crippen LogP contribution in [-0.4, -0.2) is 16.9 Å². The van der Waals surface area contributed by atoms with Crippen LogP contribution in [0.3, 0.4) is 0 Å².